The van der Waals surface area contributed by atoms with Gasteiger partial charge in [-0.3, -0.25) is 9.59 Å². The molecule has 2 fully saturated rings. The van der Waals surface area contributed by atoms with Gasteiger partial charge >= 0.3 is 5.97 Å². The van der Waals surface area contributed by atoms with Crippen molar-refractivity contribution in [2.45, 2.75) is 37.0 Å². The summed E-state index contributed by atoms with van der Waals surface area (Å²) >= 11 is 0. The number of fused-ring (bicyclic) bond motifs is 1. The summed E-state index contributed by atoms with van der Waals surface area (Å²) in [5.41, 5.74) is 2.08. The fourth-order valence-electron chi connectivity index (χ4n) is 4.29. The number of carbonyl (C=O) groups excluding carboxylic acids is 2. The quantitative estimate of drug-likeness (QED) is 0.605. The Hall–Kier alpha value is -3.15. The number of hydrogen-bond donors (Lipinski definition) is 0. The topological polar surface area (TPSA) is 72.6 Å². The van der Waals surface area contributed by atoms with Gasteiger partial charge in [-0.2, -0.15) is 0 Å². The van der Waals surface area contributed by atoms with Crippen molar-refractivity contribution < 1.29 is 18.7 Å². The highest BCUT2D eigenvalue weighted by Gasteiger charge is 2.52. The Morgan fingerprint density at radius 3 is 2.43 bits per heavy atom. The summed E-state index contributed by atoms with van der Waals surface area (Å²) in [5, 5.41) is 0. The maximum atomic E-state index is 12.6. The molecule has 2 heterocycles. The number of nitrogens with zero attached hydrogens (tertiary/aromatic N) is 2. The maximum absolute atomic E-state index is 12.6. The van der Waals surface area contributed by atoms with E-state index >= 15 is 0 Å². The highest BCUT2D eigenvalue weighted by atomic mass is 16.5. The highest BCUT2D eigenvalue weighted by Crippen LogP contribution is 2.49. The molecule has 2 aromatic carbocycles. The van der Waals surface area contributed by atoms with Crippen LogP contribution >= 0.6 is 0 Å². The molecule has 30 heavy (non-hydrogen) atoms. The Balaban J connectivity index is 1.14. The van der Waals surface area contributed by atoms with Crippen molar-refractivity contribution in [1.29, 1.82) is 0 Å². The van der Waals surface area contributed by atoms with Crippen LogP contribution < -0.4 is 0 Å². The zero-order chi connectivity index (χ0) is 20.6. The second kappa shape index (κ2) is 7.59. The summed E-state index contributed by atoms with van der Waals surface area (Å²) in [6.45, 7) is 1.04. The molecule has 3 aromatic rings. The van der Waals surface area contributed by atoms with E-state index in [1.54, 1.807) is 4.90 Å². The van der Waals surface area contributed by atoms with E-state index < -0.39 is 5.41 Å². The minimum atomic E-state index is -0.554. The largest absolute Gasteiger partial charge is 0.455 e. The van der Waals surface area contributed by atoms with Crippen LogP contribution in [-0.4, -0.2) is 41.5 Å². The van der Waals surface area contributed by atoms with E-state index in [0.717, 1.165) is 48.2 Å². The van der Waals surface area contributed by atoms with Crippen LogP contribution in [0.5, 0.6) is 0 Å². The molecule has 6 nitrogen and oxygen atoms in total. The monoisotopic (exact) mass is 404 g/mol. The molecule has 1 aliphatic carbocycles. The van der Waals surface area contributed by atoms with E-state index in [-0.39, 0.29) is 24.4 Å². The lowest BCUT2D eigenvalue weighted by Gasteiger charge is -2.30. The van der Waals surface area contributed by atoms with Crippen LogP contribution in [0.25, 0.3) is 11.1 Å². The van der Waals surface area contributed by atoms with Gasteiger partial charge < -0.3 is 14.1 Å². The molecule has 6 heteroatoms. The molecular weight excluding hydrogens is 380 g/mol. The molecule has 0 bridgehead atoms. The number of para-hydroxylation sites is 2. The number of carbonyl (C=O) groups is 2. The predicted octanol–water partition coefficient (Wildman–Crippen LogP) is 3.81. The summed E-state index contributed by atoms with van der Waals surface area (Å²) < 4.78 is 11.3. The molecule has 5 rings (SSSR count). The molecule has 0 unspecified atom stereocenters. The fourth-order valence-corrected chi connectivity index (χ4v) is 4.29. The maximum Gasteiger partial charge on any atom is 0.317 e. The van der Waals surface area contributed by atoms with Crippen molar-refractivity contribution >= 4 is 23.0 Å². The SMILES string of the molecule is O=C(COC(=O)C1(c2ccccc2)CC1)N1CCC(c2nc3ccccc3o2)CC1. The Morgan fingerprint density at radius 2 is 1.73 bits per heavy atom. The van der Waals surface area contributed by atoms with Crippen LogP contribution in [0.1, 0.15) is 43.1 Å². The van der Waals surface area contributed by atoms with E-state index in [9.17, 15) is 9.59 Å². The van der Waals surface area contributed by atoms with Crippen molar-refractivity contribution in [2.75, 3.05) is 19.7 Å². The minimum Gasteiger partial charge on any atom is -0.455 e. The van der Waals surface area contributed by atoms with Crippen molar-refractivity contribution in [1.82, 2.24) is 9.88 Å². The van der Waals surface area contributed by atoms with Gasteiger partial charge in [-0.15, -0.1) is 0 Å². The van der Waals surface area contributed by atoms with Crippen LogP contribution in [-0.2, 0) is 19.7 Å². The van der Waals surface area contributed by atoms with Crippen molar-refractivity contribution in [3.05, 3.63) is 66.1 Å². The van der Waals surface area contributed by atoms with E-state index in [0.29, 0.717) is 13.1 Å². The third-order valence-electron chi connectivity index (χ3n) is 6.30. The summed E-state index contributed by atoms with van der Waals surface area (Å²) in [6.07, 6.45) is 3.14. The third kappa shape index (κ3) is 3.47. The summed E-state index contributed by atoms with van der Waals surface area (Å²) in [5.74, 6) is 0.525. The van der Waals surface area contributed by atoms with Crippen LogP contribution in [0.3, 0.4) is 0 Å². The number of likely N-dealkylation sites (tertiary alicyclic amines) is 1. The van der Waals surface area contributed by atoms with Crippen LogP contribution in [0.2, 0.25) is 0 Å². The number of hydrogen-bond acceptors (Lipinski definition) is 5. The van der Waals surface area contributed by atoms with Gasteiger partial charge in [0.1, 0.15) is 5.52 Å². The smallest absolute Gasteiger partial charge is 0.317 e. The molecule has 1 amide bonds. The van der Waals surface area contributed by atoms with Crippen molar-refractivity contribution in [3.63, 3.8) is 0 Å². The lowest BCUT2D eigenvalue weighted by Crippen LogP contribution is -2.41. The minimum absolute atomic E-state index is 0.136. The van der Waals surface area contributed by atoms with Gasteiger partial charge in [0.15, 0.2) is 18.1 Å². The van der Waals surface area contributed by atoms with Gasteiger partial charge in [0, 0.05) is 19.0 Å². The number of oxazole rings is 1. The van der Waals surface area contributed by atoms with Gasteiger partial charge in [0.2, 0.25) is 0 Å². The normalized spacial score (nSPS) is 18.3. The van der Waals surface area contributed by atoms with Crippen molar-refractivity contribution in [2.24, 2.45) is 0 Å². The van der Waals surface area contributed by atoms with E-state index in [1.807, 2.05) is 54.6 Å². The molecule has 154 valence electrons. The zero-order valence-corrected chi connectivity index (χ0v) is 16.8. The molecule has 1 aliphatic heterocycles. The number of esters is 1. The van der Waals surface area contributed by atoms with Crippen LogP contribution in [0.15, 0.2) is 59.0 Å². The number of aromatic nitrogens is 1. The second-order valence-electron chi connectivity index (χ2n) is 8.20. The molecular formula is C24H24N2O4. The number of amides is 1. The van der Waals surface area contributed by atoms with E-state index in [4.69, 9.17) is 9.15 Å². The van der Waals surface area contributed by atoms with Gasteiger partial charge in [-0.05, 0) is 43.4 Å². The summed E-state index contributed by atoms with van der Waals surface area (Å²) in [6, 6.07) is 17.4. The second-order valence-corrected chi connectivity index (χ2v) is 8.20. The van der Waals surface area contributed by atoms with Gasteiger partial charge in [0.25, 0.3) is 5.91 Å². The Morgan fingerprint density at radius 1 is 1.03 bits per heavy atom. The molecule has 0 N–H and O–H groups in total. The van der Waals surface area contributed by atoms with E-state index in [1.165, 1.54) is 0 Å². The molecule has 0 radical (unpaired) electrons. The molecule has 0 atom stereocenters. The lowest BCUT2D eigenvalue weighted by molar-refractivity contribution is -0.154. The first-order chi connectivity index (χ1) is 14.7. The van der Waals surface area contributed by atoms with Crippen LogP contribution in [0.4, 0.5) is 0 Å². The average Bonchev–Trinajstić information content (AvgIpc) is 3.50. The van der Waals surface area contributed by atoms with Gasteiger partial charge in [0.05, 0.1) is 5.41 Å². The zero-order valence-electron chi connectivity index (χ0n) is 16.8. The first-order valence-corrected chi connectivity index (χ1v) is 10.5. The van der Waals surface area contributed by atoms with Gasteiger partial charge in [-0.25, -0.2) is 4.98 Å². The molecule has 2 aliphatic rings. The third-order valence-corrected chi connectivity index (χ3v) is 6.30. The number of benzene rings is 2. The Kier molecular flexibility index (Phi) is 4.77. The molecule has 0 spiro atoms. The molecule has 1 saturated carbocycles. The summed E-state index contributed by atoms with van der Waals surface area (Å²) in [4.78, 5) is 31.6. The van der Waals surface area contributed by atoms with Crippen LogP contribution in [0, 0.1) is 0 Å². The number of piperidine rings is 1. The van der Waals surface area contributed by atoms with Gasteiger partial charge in [-0.1, -0.05) is 42.5 Å². The lowest BCUT2D eigenvalue weighted by atomic mass is 9.96. The standard InChI is InChI=1S/C24H24N2O4/c27-21(16-29-23(28)24(12-13-24)18-6-2-1-3-7-18)26-14-10-17(11-15-26)22-25-19-8-4-5-9-20(19)30-22/h1-9,17H,10-16H2. The van der Waals surface area contributed by atoms with E-state index in [2.05, 4.69) is 4.98 Å². The highest BCUT2D eigenvalue weighted by molar-refractivity contribution is 5.89. The summed E-state index contributed by atoms with van der Waals surface area (Å²) in [7, 11) is 0. The first-order valence-electron chi connectivity index (χ1n) is 10.5. The fraction of sp³-hybridized carbons (Fsp3) is 0.375. The average molecular weight is 404 g/mol. The molecule has 1 aromatic heterocycles. The number of ether oxygens (including phenoxy) is 1. The van der Waals surface area contributed by atoms with Crippen molar-refractivity contribution in [3.8, 4) is 0 Å². The Labute approximate surface area is 174 Å². The first kappa shape index (κ1) is 18.9. The molecule has 1 saturated heterocycles. The predicted molar refractivity (Wildman–Crippen MR) is 111 cm³/mol. The number of rotatable bonds is 5. The Bertz CT molecular complexity index is 1030.